The molecule has 0 saturated carbocycles. The first kappa shape index (κ1) is 25.4. The fourth-order valence-electron chi connectivity index (χ4n) is 3.91. The van der Waals surface area contributed by atoms with Crippen LogP contribution >= 0.6 is 15.9 Å². The number of rotatable bonds is 5. The molecule has 0 spiro atoms. The number of halogens is 1. The van der Waals surface area contributed by atoms with Crippen LogP contribution in [-0.2, 0) is 9.53 Å². The van der Waals surface area contributed by atoms with Gasteiger partial charge in [-0.3, -0.25) is 14.6 Å². The van der Waals surface area contributed by atoms with Gasteiger partial charge in [0.25, 0.3) is 5.91 Å². The number of H-pyrrole nitrogens is 1. The van der Waals surface area contributed by atoms with Crippen LogP contribution in [0.25, 0.3) is 11.0 Å². The number of fused-ring (bicyclic) bond motifs is 1. The van der Waals surface area contributed by atoms with E-state index in [1.807, 2.05) is 0 Å². The predicted octanol–water partition coefficient (Wildman–Crippen LogP) is 3.15. The molecule has 4 rings (SSSR count). The number of nitrogens with zero attached hydrogens (tertiary/aromatic N) is 4. The van der Waals surface area contributed by atoms with E-state index in [1.165, 1.54) is 6.20 Å². The van der Waals surface area contributed by atoms with Gasteiger partial charge in [-0.15, -0.1) is 0 Å². The molecule has 12 heteroatoms. The van der Waals surface area contributed by atoms with E-state index in [4.69, 9.17) is 4.74 Å². The summed E-state index contributed by atoms with van der Waals surface area (Å²) in [4.78, 5) is 52.6. The molecule has 1 saturated heterocycles. The predicted molar refractivity (Wildman–Crippen MR) is 139 cm³/mol. The number of aromatic amines is 1. The van der Waals surface area contributed by atoms with Crippen LogP contribution < -0.4 is 15.5 Å². The average Bonchev–Trinajstić information content (AvgIpc) is 3.24. The minimum absolute atomic E-state index is 0.125. The Kier molecular flexibility index (Phi) is 7.43. The molecule has 0 atom stereocenters. The van der Waals surface area contributed by atoms with Crippen molar-refractivity contribution in [1.82, 2.24) is 25.2 Å². The van der Waals surface area contributed by atoms with Crippen LogP contribution in [-0.4, -0.2) is 76.1 Å². The summed E-state index contributed by atoms with van der Waals surface area (Å²) in [6, 6.07) is 3.40. The minimum Gasteiger partial charge on any atom is -0.444 e. The molecule has 0 aliphatic carbocycles. The van der Waals surface area contributed by atoms with E-state index in [2.05, 4.69) is 46.4 Å². The summed E-state index contributed by atoms with van der Waals surface area (Å²) in [6.07, 6.45) is 5.92. The SMILES string of the molecule is CC(C)(C)OC(=O)NCC(=O)N1CCN(c2c(Br)cnc3[nH]cc(NC(=O)c4cccnc4)c23)CC1. The van der Waals surface area contributed by atoms with E-state index >= 15 is 0 Å². The van der Waals surface area contributed by atoms with Gasteiger partial charge >= 0.3 is 6.09 Å². The lowest BCUT2D eigenvalue weighted by atomic mass is 10.2. The maximum absolute atomic E-state index is 12.7. The van der Waals surface area contributed by atoms with Gasteiger partial charge < -0.3 is 30.2 Å². The Morgan fingerprint density at radius 2 is 1.92 bits per heavy atom. The van der Waals surface area contributed by atoms with E-state index in [0.717, 1.165) is 15.5 Å². The number of amides is 3. The third-order valence-electron chi connectivity index (χ3n) is 5.53. The molecule has 3 N–H and O–H groups in total. The quantitative estimate of drug-likeness (QED) is 0.438. The Bertz CT molecular complexity index is 1260. The van der Waals surface area contributed by atoms with Crippen LogP contribution in [0.4, 0.5) is 16.2 Å². The highest BCUT2D eigenvalue weighted by Gasteiger charge is 2.26. The first-order chi connectivity index (χ1) is 17.1. The lowest BCUT2D eigenvalue weighted by Crippen LogP contribution is -2.51. The third kappa shape index (κ3) is 5.93. The number of carbonyl (C=O) groups excluding carboxylic acids is 3. The zero-order valence-corrected chi connectivity index (χ0v) is 21.9. The molecular formula is C24H28BrN7O4. The summed E-state index contributed by atoms with van der Waals surface area (Å²) in [5.41, 5.74) is 1.93. The molecule has 3 amide bonds. The second-order valence-corrected chi connectivity index (χ2v) is 10.2. The maximum Gasteiger partial charge on any atom is 0.408 e. The molecule has 11 nitrogen and oxygen atoms in total. The van der Waals surface area contributed by atoms with Crippen molar-refractivity contribution in [2.24, 2.45) is 0 Å². The molecule has 1 fully saturated rings. The van der Waals surface area contributed by atoms with Gasteiger partial charge in [-0.1, -0.05) is 0 Å². The van der Waals surface area contributed by atoms with E-state index in [-0.39, 0.29) is 18.4 Å². The highest BCUT2D eigenvalue weighted by Crippen LogP contribution is 2.38. The Morgan fingerprint density at radius 1 is 1.17 bits per heavy atom. The standard InChI is InChI=1S/C24H28BrN7O4/c1-24(2,3)36-23(35)29-14-18(33)31-7-9-32(10-8-31)20-16(25)12-27-21-19(20)17(13-28-21)30-22(34)15-5-4-6-26-11-15/h4-6,11-13H,7-10,14H2,1-3H3,(H,27,28)(H,29,35)(H,30,34). The second-order valence-electron chi connectivity index (χ2n) is 9.30. The zero-order valence-electron chi connectivity index (χ0n) is 20.3. The Morgan fingerprint density at radius 3 is 2.58 bits per heavy atom. The van der Waals surface area contributed by atoms with E-state index < -0.39 is 11.7 Å². The number of alkyl carbamates (subject to hydrolysis) is 1. The molecule has 0 radical (unpaired) electrons. The summed E-state index contributed by atoms with van der Waals surface area (Å²) >= 11 is 3.61. The van der Waals surface area contributed by atoms with Crippen molar-refractivity contribution in [3.63, 3.8) is 0 Å². The fraction of sp³-hybridized carbons (Fsp3) is 0.375. The van der Waals surface area contributed by atoms with E-state index in [0.29, 0.717) is 43.1 Å². The summed E-state index contributed by atoms with van der Waals surface area (Å²) in [5, 5.41) is 6.23. The number of carbonyl (C=O) groups is 3. The summed E-state index contributed by atoms with van der Waals surface area (Å²) in [6.45, 7) is 7.26. The van der Waals surface area contributed by atoms with Crippen LogP contribution in [0.5, 0.6) is 0 Å². The van der Waals surface area contributed by atoms with E-state index in [9.17, 15) is 14.4 Å². The van der Waals surface area contributed by atoms with E-state index in [1.54, 1.807) is 56.4 Å². The van der Waals surface area contributed by atoms with Gasteiger partial charge in [-0.05, 0) is 48.8 Å². The topological polar surface area (TPSA) is 133 Å². The van der Waals surface area contributed by atoms with Crippen molar-refractivity contribution >= 4 is 56.2 Å². The summed E-state index contributed by atoms with van der Waals surface area (Å²) < 4.78 is 5.96. The summed E-state index contributed by atoms with van der Waals surface area (Å²) in [7, 11) is 0. The van der Waals surface area contributed by atoms with Crippen molar-refractivity contribution in [2.45, 2.75) is 26.4 Å². The van der Waals surface area contributed by atoms with Gasteiger partial charge in [-0.25, -0.2) is 9.78 Å². The monoisotopic (exact) mass is 557 g/mol. The molecule has 190 valence electrons. The van der Waals surface area contributed by atoms with Crippen LogP contribution in [0.3, 0.4) is 0 Å². The first-order valence-electron chi connectivity index (χ1n) is 11.5. The van der Waals surface area contributed by atoms with Gasteiger partial charge in [0.05, 0.1) is 26.8 Å². The van der Waals surface area contributed by atoms with Gasteiger partial charge in [-0.2, -0.15) is 0 Å². The molecule has 3 aromatic heterocycles. The lowest BCUT2D eigenvalue weighted by Gasteiger charge is -2.37. The van der Waals surface area contributed by atoms with Crippen LogP contribution in [0.2, 0.25) is 0 Å². The number of hydrogen-bond donors (Lipinski definition) is 3. The maximum atomic E-state index is 12.7. The zero-order chi connectivity index (χ0) is 25.9. The average molecular weight is 558 g/mol. The van der Waals surface area contributed by atoms with Gasteiger partial charge in [0, 0.05) is 51.0 Å². The molecule has 0 aromatic carbocycles. The van der Waals surface area contributed by atoms with Crippen LogP contribution in [0, 0.1) is 0 Å². The lowest BCUT2D eigenvalue weighted by molar-refractivity contribution is -0.130. The highest BCUT2D eigenvalue weighted by atomic mass is 79.9. The van der Waals surface area contributed by atoms with Gasteiger partial charge in [0.1, 0.15) is 17.8 Å². The molecule has 0 bridgehead atoms. The third-order valence-corrected chi connectivity index (χ3v) is 6.11. The van der Waals surface area contributed by atoms with Gasteiger partial charge in [0.15, 0.2) is 0 Å². The number of piperazine rings is 1. The molecule has 36 heavy (non-hydrogen) atoms. The first-order valence-corrected chi connectivity index (χ1v) is 12.3. The number of anilines is 2. The second kappa shape index (κ2) is 10.5. The number of ether oxygens (including phenoxy) is 1. The number of aromatic nitrogens is 3. The number of pyridine rings is 2. The molecule has 1 aliphatic rings. The molecular weight excluding hydrogens is 530 g/mol. The van der Waals surface area contributed by atoms with Crippen molar-refractivity contribution in [1.29, 1.82) is 0 Å². The minimum atomic E-state index is -0.628. The highest BCUT2D eigenvalue weighted by molar-refractivity contribution is 9.10. The van der Waals surface area contributed by atoms with Gasteiger partial charge in [0.2, 0.25) is 5.91 Å². The Balaban J connectivity index is 1.44. The Hall–Kier alpha value is -3.67. The van der Waals surface area contributed by atoms with Crippen molar-refractivity contribution in [2.75, 3.05) is 42.9 Å². The fourth-order valence-corrected chi connectivity index (χ4v) is 4.46. The molecule has 4 heterocycles. The van der Waals surface area contributed by atoms with Crippen LogP contribution in [0.1, 0.15) is 31.1 Å². The van der Waals surface area contributed by atoms with Crippen molar-refractivity contribution < 1.29 is 19.1 Å². The molecule has 3 aromatic rings. The summed E-state index contributed by atoms with van der Waals surface area (Å²) in [5.74, 6) is -0.451. The smallest absolute Gasteiger partial charge is 0.408 e. The molecule has 0 unspecified atom stereocenters. The normalized spacial score (nSPS) is 14.0. The largest absolute Gasteiger partial charge is 0.444 e. The number of nitrogens with one attached hydrogen (secondary N) is 3. The van der Waals surface area contributed by atoms with Crippen LogP contribution in [0.15, 0.2) is 41.4 Å². The van der Waals surface area contributed by atoms with Crippen molar-refractivity contribution in [3.8, 4) is 0 Å². The Labute approximate surface area is 216 Å². The molecule has 1 aliphatic heterocycles. The number of hydrogen-bond acceptors (Lipinski definition) is 7. The van der Waals surface area contributed by atoms with Crippen molar-refractivity contribution in [3.05, 3.63) is 47.0 Å².